The van der Waals surface area contributed by atoms with E-state index in [-0.39, 0.29) is 31.1 Å². The van der Waals surface area contributed by atoms with Crippen molar-refractivity contribution in [2.75, 3.05) is 38.3 Å². The maximum atomic E-state index is 14.5. The number of carbonyl (C=O) groups is 1. The molecule has 48 heavy (non-hydrogen) atoms. The molecule has 10 nitrogen and oxygen atoms in total. The quantitative estimate of drug-likeness (QED) is 0.279. The van der Waals surface area contributed by atoms with Gasteiger partial charge in [0.15, 0.2) is 0 Å². The van der Waals surface area contributed by atoms with Gasteiger partial charge in [-0.1, -0.05) is 37.6 Å². The van der Waals surface area contributed by atoms with Crippen molar-refractivity contribution < 1.29 is 39.9 Å². The summed E-state index contributed by atoms with van der Waals surface area (Å²) >= 11 is 0. The van der Waals surface area contributed by atoms with Crippen molar-refractivity contribution in [3.05, 3.63) is 84.4 Å². The van der Waals surface area contributed by atoms with Gasteiger partial charge < -0.3 is 15.0 Å². The van der Waals surface area contributed by atoms with Gasteiger partial charge in [-0.15, -0.1) is 13.2 Å². The van der Waals surface area contributed by atoms with Gasteiger partial charge in [0, 0.05) is 32.4 Å². The minimum atomic E-state index is -4.94. The van der Waals surface area contributed by atoms with Gasteiger partial charge in [0.1, 0.15) is 29.3 Å². The number of carbonyl (C=O) groups excluding carboxylic acids is 1. The first-order chi connectivity index (χ1) is 22.9. The third-order valence-electron chi connectivity index (χ3n) is 7.55. The number of alkyl halides is 5. The number of nitrogens with zero attached hydrogens (tertiary/aromatic N) is 5. The average Bonchev–Trinajstić information content (AvgIpc) is 3.33. The highest BCUT2D eigenvalue weighted by Crippen LogP contribution is 2.28. The molecule has 1 aliphatic carbocycles. The first-order valence-electron chi connectivity index (χ1n) is 15.0. The van der Waals surface area contributed by atoms with E-state index >= 15 is 0 Å². The number of ether oxygens (including phenoxy) is 1. The molecule has 0 saturated carbocycles. The molecule has 258 valence electrons. The molecular weight excluding hydrogens is 659 g/mol. The van der Waals surface area contributed by atoms with Crippen LogP contribution in [0.5, 0.6) is 5.75 Å². The predicted octanol–water partition coefficient (Wildman–Crippen LogP) is 5.46. The van der Waals surface area contributed by atoms with E-state index in [1.165, 1.54) is 6.20 Å². The molecule has 1 saturated heterocycles. The molecule has 1 fully saturated rings. The van der Waals surface area contributed by atoms with E-state index in [2.05, 4.69) is 25.0 Å². The number of fused-ring (bicyclic) bond motifs is 1. The first kappa shape index (κ1) is 36.4. The highest BCUT2D eigenvalue weighted by molar-refractivity contribution is 7.89. The highest BCUT2D eigenvalue weighted by atomic mass is 32.2. The number of sulfonamides is 1. The van der Waals surface area contributed by atoms with E-state index in [9.17, 15) is 35.2 Å². The van der Waals surface area contributed by atoms with Crippen LogP contribution in [0.2, 0.25) is 0 Å². The van der Waals surface area contributed by atoms with Crippen LogP contribution in [-0.4, -0.2) is 85.5 Å². The highest BCUT2D eigenvalue weighted by Gasteiger charge is 2.41. The Hall–Kier alpha value is -4.44. The van der Waals surface area contributed by atoms with Crippen molar-refractivity contribution in [3.8, 4) is 5.75 Å². The van der Waals surface area contributed by atoms with Crippen LogP contribution in [0.3, 0.4) is 0 Å². The first-order valence-corrected chi connectivity index (χ1v) is 16.4. The summed E-state index contributed by atoms with van der Waals surface area (Å²) in [5, 5.41) is 2.81. The summed E-state index contributed by atoms with van der Waals surface area (Å²) in [5.74, 6) is -0.737. The SMILES string of the molecule is CCCC(F)C1=CCC=C(CNC(=O)[C@H]2CN(c3cnc4cnccc4n3)CCN2S(=O)(=O)c2ccc(OC(F)(F)F)cc2)C=C1.CF. The fourth-order valence-electron chi connectivity index (χ4n) is 5.21. The van der Waals surface area contributed by atoms with Crippen LogP contribution < -0.4 is 15.0 Å². The molecule has 1 unspecified atom stereocenters. The largest absolute Gasteiger partial charge is 0.573 e. The van der Waals surface area contributed by atoms with E-state index in [0.29, 0.717) is 48.9 Å². The van der Waals surface area contributed by atoms with Gasteiger partial charge in [0.05, 0.1) is 30.0 Å². The fourth-order valence-corrected chi connectivity index (χ4v) is 6.78. The van der Waals surface area contributed by atoms with Gasteiger partial charge in [-0.25, -0.2) is 22.8 Å². The van der Waals surface area contributed by atoms with Gasteiger partial charge in [-0.05, 0) is 54.3 Å². The van der Waals surface area contributed by atoms with Crippen LogP contribution in [-0.2, 0) is 14.8 Å². The summed E-state index contributed by atoms with van der Waals surface area (Å²) in [4.78, 5) is 28.2. The van der Waals surface area contributed by atoms with Crippen LogP contribution in [0.15, 0.2) is 89.3 Å². The number of anilines is 1. The molecule has 2 aromatic heterocycles. The zero-order valence-electron chi connectivity index (χ0n) is 26.2. The van der Waals surface area contributed by atoms with E-state index in [1.54, 1.807) is 41.6 Å². The zero-order valence-corrected chi connectivity index (χ0v) is 27.0. The predicted molar refractivity (Wildman–Crippen MR) is 170 cm³/mol. The molecule has 16 heteroatoms. The third-order valence-corrected chi connectivity index (χ3v) is 9.47. The molecule has 5 rings (SSSR count). The molecule has 2 atom stereocenters. The molecule has 0 spiro atoms. The molecule has 1 aliphatic heterocycles. The number of pyridine rings is 1. The van der Waals surface area contributed by atoms with Crippen LogP contribution in [0.25, 0.3) is 11.0 Å². The normalized spacial score (nSPS) is 17.8. The monoisotopic (exact) mass is 694 g/mol. The van der Waals surface area contributed by atoms with Crippen molar-refractivity contribution in [1.82, 2.24) is 24.6 Å². The standard InChI is InChI=1S/C31H32F4N6O4S.CH3F/c1-2-4-25(32)22-6-3-5-21(7-8-22)17-38-30(42)28-20-40(29-19-37-27-18-36-14-13-26(27)39-29)15-16-41(28)46(43,44)24-11-9-23(10-12-24)45-31(33,34)35;1-2/h5-14,18-19,25,28H,2-4,15-17,20H2,1H3,(H,38,42);1H3/t25?,28-;/m1./s1. The number of halogens is 5. The zero-order chi connectivity index (χ0) is 34.9. The topological polar surface area (TPSA) is 118 Å². The summed E-state index contributed by atoms with van der Waals surface area (Å²) < 4.78 is 94.4. The van der Waals surface area contributed by atoms with E-state index in [0.717, 1.165) is 34.1 Å². The van der Waals surface area contributed by atoms with Crippen molar-refractivity contribution in [1.29, 1.82) is 0 Å². The maximum Gasteiger partial charge on any atom is 0.573 e. The third kappa shape index (κ3) is 9.13. The Balaban J connectivity index is 0.00000255. The second-order valence-corrected chi connectivity index (χ2v) is 12.6. The lowest BCUT2D eigenvalue weighted by molar-refractivity contribution is -0.274. The molecule has 0 radical (unpaired) electrons. The van der Waals surface area contributed by atoms with Crippen molar-refractivity contribution in [2.45, 2.75) is 49.7 Å². The van der Waals surface area contributed by atoms with Gasteiger partial charge in [0.2, 0.25) is 15.9 Å². The van der Waals surface area contributed by atoms with Crippen LogP contribution >= 0.6 is 0 Å². The second kappa shape index (κ2) is 16.1. The summed E-state index contributed by atoms with van der Waals surface area (Å²) in [6.07, 6.45) is 7.27. The number of rotatable bonds is 10. The van der Waals surface area contributed by atoms with Crippen LogP contribution in [0.4, 0.5) is 27.8 Å². The minimum absolute atomic E-state index is 0.0673. The molecule has 0 bridgehead atoms. The van der Waals surface area contributed by atoms with E-state index in [1.807, 2.05) is 13.0 Å². The Labute approximate surface area is 275 Å². The van der Waals surface area contributed by atoms with Gasteiger partial charge >= 0.3 is 6.36 Å². The second-order valence-electron chi connectivity index (χ2n) is 10.7. The summed E-state index contributed by atoms with van der Waals surface area (Å²) in [7, 11) is -3.84. The minimum Gasteiger partial charge on any atom is -0.406 e. The number of aromatic nitrogens is 3. The molecular formula is C32H35F5N6O4S. The summed E-state index contributed by atoms with van der Waals surface area (Å²) in [5.41, 5.74) is 2.42. The smallest absolute Gasteiger partial charge is 0.406 e. The lowest BCUT2D eigenvalue weighted by Crippen LogP contribution is -2.60. The summed E-state index contributed by atoms with van der Waals surface area (Å²) in [6.45, 7) is 1.94. The Morgan fingerprint density at radius 1 is 1.06 bits per heavy atom. The Morgan fingerprint density at radius 2 is 1.81 bits per heavy atom. The number of benzene rings is 1. The van der Waals surface area contributed by atoms with Gasteiger partial charge in [-0.2, -0.15) is 4.31 Å². The summed E-state index contributed by atoms with van der Waals surface area (Å²) in [6, 6.07) is 4.27. The maximum absolute atomic E-state index is 14.5. The van der Waals surface area contributed by atoms with Crippen molar-refractivity contribution in [3.63, 3.8) is 0 Å². The van der Waals surface area contributed by atoms with E-state index < -0.39 is 40.3 Å². The molecule has 3 heterocycles. The molecule has 2 aliphatic rings. The number of hydrogen-bond donors (Lipinski definition) is 1. The van der Waals surface area contributed by atoms with Crippen LogP contribution in [0, 0.1) is 0 Å². The van der Waals surface area contributed by atoms with Crippen LogP contribution in [0.1, 0.15) is 26.2 Å². The molecule has 1 amide bonds. The number of nitrogens with one attached hydrogen (secondary N) is 1. The van der Waals surface area contributed by atoms with E-state index in [4.69, 9.17) is 0 Å². The Kier molecular flexibility index (Phi) is 12.2. The van der Waals surface area contributed by atoms with Gasteiger partial charge in [0.25, 0.3) is 0 Å². The Bertz CT molecular complexity index is 1770. The molecule has 3 aromatic rings. The molecule has 1 N–H and O–H groups in total. The average molecular weight is 695 g/mol. The number of piperazine rings is 1. The van der Waals surface area contributed by atoms with Crippen molar-refractivity contribution in [2.24, 2.45) is 0 Å². The fraction of sp³-hybridized carbons (Fsp3) is 0.375. The number of allylic oxidation sites excluding steroid dienone is 4. The molecule has 1 aromatic carbocycles. The number of hydrogen-bond acceptors (Lipinski definition) is 8. The van der Waals surface area contributed by atoms with Crippen molar-refractivity contribution >= 4 is 32.8 Å². The Morgan fingerprint density at radius 3 is 2.52 bits per heavy atom. The lowest BCUT2D eigenvalue weighted by Gasteiger charge is -2.40. The van der Waals surface area contributed by atoms with Gasteiger partial charge in [-0.3, -0.25) is 14.2 Å². The number of amides is 1. The lowest BCUT2D eigenvalue weighted by atomic mass is 10.1.